The van der Waals surface area contributed by atoms with Crippen molar-refractivity contribution in [2.24, 2.45) is 5.92 Å². The van der Waals surface area contributed by atoms with E-state index < -0.39 is 0 Å². The van der Waals surface area contributed by atoms with E-state index in [1.54, 1.807) is 12.1 Å². The molecule has 1 saturated carbocycles. The van der Waals surface area contributed by atoms with Crippen LogP contribution in [0.2, 0.25) is 5.15 Å². The lowest BCUT2D eigenvalue weighted by atomic mass is 10.0. The molecule has 1 aliphatic carbocycles. The molecule has 8 nitrogen and oxygen atoms in total. The smallest absolute Gasteiger partial charge is 0.295 e. The number of hydrogen-bond acceptors (Lipinski definition) is 8. The van der Waals surface area contributed by atoms with Gasteiger partial charge < -0.3 is 9.47 Å². The van der Waals surface area contributed by atoms with Crippen molar-refractivity contribution in [1.82, 2.24) is 20.2 Å². The first-order chi connectivity index (χ1) is 15.0. The second-order valence-electron chi connectivity index (χ2n) is 7.37. The summed E-state index contributed by atoms with van der Waals surface area (Å²) >= 11 is 7.29. The molecule has 0 unspecified atom stereocenters. The van der Waals surface area contributed by atoms with Gasteiger partial charge in [-0.2, -0.15) is 0 Å². The van der Waals surface area contributed by atoms with Gasteiger partial charge in [0.15, 0.2) is 0 Å². The van der Waals surface area contributed by atoms with Crippen molar-refractivity contribution < 1.29 is 14.3 Å². The third kappa shape index (κ3) is 5.11. The van der Waals surface area contributed by atoms with Crippen LogP contribution in [0.3, 0.4) is 0 Å². The Morgan fingerprint density at radius 3 is 2.77 bits per heavy atom. The van der Waals surface area contributed by atoms with E-state index in [1.807, 2.05) is 6.92 Å². The van der Waals surface area contributed by atoms with Crippen LogP contribution in [0.15, 0.2) is 24.5 Å². The van der Waals surface area contributed by atoms with Gasteiger partial charge in [0.05, 0.1) is 25.5 Å². The monoisotopic (exact) mass is 459 g/mol. The zero-order valence-electron chi connectivity index (χ0n) is 17.2. The number of pyridine rings is 2. The van der Waals surface area contributed by atoms with Gasteiger partial charge in [-0.25, -0.2) is 4.98 Å². The van der Waals surface area contributed by atoms with E-state index in [2.05, 4.69) is 25.5 Å². The van der Waals surface area contributed by atoms with Crippen molar-refractivity contribution in [3.8, 4) is 22.1 Å². The number of halogens is 1. The molecule has 0 spiro atoms. The van der Waals surface area contributed by atoms with E-state index >= 15 is 0 Å². The Morgan fingerprint density at radius 1 is 1.19 bits per heavy atom. The lowest BCUT2D eigenvalue weighted by molar-refractivity contribution is 0.102. The molecule has 0 aliphatic heterocycles. The van der Waals surface area contributed by atoms with Crippen LogP contribution in [-0.2, 0) is 0 Å². The zero-order valence-corrected chi connectivity index (χ0v) is 18.8. The predicted octanol–water partition coefficient (Wildman–Crippen LogP) is 4.79. The second kappa shape index (κ2) is 9.57. The molecule has 4 rings (SSSR count). The summed E-state index contributed by atoms with van der Waals surface area (Å²) < 4.78 is 11.2. The molecule has 0 radical (unpaired) electrons. The SMILES string of the molecule is COc1cnc(Cl)cc1-c1cc(C)ncc1C(=O)Nc1nnc(OCC2CCCC2)s1. The van der Waals surface area contributed by atoms with Gasteiger partial charge in [-0.3, -0.25) is 15.1 Å². The topological polar surface area (TPSA) is 99.1 Å². The summed E-state index contributed by atoms with van der Waals surface area (Å²) in [6.07, 6.45) is 7.93. The van der Waals surface area contributed by atoms with Crippen molar-refractivity contribution in [2.45, 2.75) is 32.6 Å². The van der Waals surface area contributed by atoms with Crippen molar-refractivity contribution in [3.05, 3.63) is 40.9 Å². The number of aryl methyl sites for hydroxylation is 1. The highest BCUT2D eigenvalue weighted by Crippen LogP contribution is 2.34. The zero-order chi connectivity index (χ0) is 21.8. The molecule has 3 aromatic heterocycles. The number of nitrogens with one attached hydrogen (secondary N) is 1. The summed E-state index contributed by atoms with van der Waals surface area (Å²) in [6.45, 7) is 2.48. The van der Waals surface area contributed by atoms with Crippen LogP contribution < -0.4 is 14.8 Å². The van der Waals surface area contributed by atoms with Crippen molar-refractivity contribution in [1.29, 1.82) is 0 Å². The second-order valence-corrected chi connectivity index (χ2v) is 8.69. The molecule has 0 atom stereocenters. The summed E-state index contributed by atoms with van der Waals surface area (Å²) in [5.74, 6) is 0.712. The molecule has 162 valence electrons. The third-order valence-electron chi connectivity index (χ3n) is 5.17. The molecule has 3 aromatic rings. The minimum atomic E-state index is -0.365. The predicted molar refractivity (Wildman–Crippen MR) is 119 cm³/mol. The number of amides is 1. The van der Waals surface area contributed by atoms with Crippen LogP contribution in [0.1, 0.15) is 41.7 Å². The van der Waals surface area contributed by atoms with Gasteiger partial charge >= 0.3 is 0 Å². The van der Waals surface area contributed by atoms with Crippen LogP contribution in [-0.4, -0.2) is 39.8 Å². The largest absolute Gasteiger partial charge is 0.494 e. The van der Waals surface area contributed by atoms with E-state index in [4.69, 9.17) is 21.1 Å². The Kier molecular flexibility index (Phi) is 6.62. The fourth-order valence-corrected chi connectivity index (χ4v) is 4.36. The number of carbonyl (C=O) groups is 1. The summed E-state index contributed by atoms with van der Waals surface area (Å²) in [6, 6.07) is 3.46. The van der Waals surface area contributed by atoms with Crippen molar-refractivity contribution >= 4 is 34.0 Å². The van der Waals surface area contributed by atoms with Gasteiger partial charge in [0.1, 0.15) is 10.9 Å². The maximum atomic E-state index is 13.0. The number of methoxy groups -OCH3 is 1. The van der Waals surface area contributed by atoms with E-state index in [0.29, 0.717) is 50.4 Å². The van der Waals surface area contributed by atoms with E-state index in [-0.39, 0.29) is 5.91 Å². The molecule has 31 heavy (non-hydrogen) atoms. The number of ether oxygens (including phenoxy) is 2. The first kappa shape index (κ1) is 21.5. The lowest BCUT2D eigenvalue weighted by Gasteiger charge is -2.13. The molecular weight excluding hydrogens is 438 g/mol. The van der Waals surface area contributed by atoms with Gasteiger partial charge in [0.2, 0.25) is 5.13 Å². The van der Waals surface area contributed by atoms with E-state index in [0.717, 1.165) is 5.69 Å². The third-order valence-corrected chi connectivity index (χ3v) is 6.13. The number of hydrogen-bond donors (Lipinski definition) is 1. The van der Waals surface area contributed by atoms with Gasteiger partial charge in [-0.1, -0.05) is 29.5 Å². The molecule has 1 N–H and O–H groups in total. The maximum Gasteiger partial charge on any atom is 0.295 e. The Labute approximate surface area is 189 Å². The van der Waals surface area contributed by atoms with Gasteiger partial charge in [-0.05, 0) is 49.2 Å². The first-order valence-corrected chi connectivity index (χ1v) is 11.2. The standard InChI is InChI=1S/C21H22ClN5O3S/c1-12-7-14(15-8-18(22)24-10-17(15)29-2)16(9-23-12)19(28)25-20-26-27-21(31-20)30-11-13-5-3-4-6-13/h7-10,13H,3-6,11H2,1-2H3,(H,25,26,28). The molecule has 3 heterocycles. The molecule has 10 heteroatoms. The average molecular weight is 460 g/mol. The number of carbonyl (C=O) groups excluding carboxylic acids is 1. The molecule has 1 amide bonds. The normalized spacial score (nSPS) is 13.9. The molecule has 0 bridgehead atoms. The molecule has 0 saturated heterocycles. The summed E-state index contributed by atoms with van der Waals surface area (Å²) in [5.41, 5.74) is 2.39. The maximum absolute atomic E-state index is 13.0. The van der Waals surface area contributed by atoms with E-state index in [9.17, 15) is 4.79 Å². The summed E-state index contributed by atoms with van der Waals surface area (Å²) in [4.78, 5) is 21.4. The first-order valence-electron chi connectivity index (χ1n) is 9.97. The quantitative estimate of drug-likeness (QED) is 0.507. The average Bonchev–Trinajstić information content (AvgIpc) is 3.44. The Balaban J connectivity index is 1.54. The molecule has 1 aliphatic rings. The summed E-state index contributed by atoms with van der Waals surface area (Å²) in [5, 5.41) is 11.9. The van der Waals surface area contributed by atoms with Crippen molar-refractivity contribution in [3.63, 3.8) is 0 Å². The highest BCUT2D eigenvalue weighted by molar-refractivity contribution is 7.17. The number of aromatic nitrogens is 4. The number of nitrogens with zero attached hydrogens (tertiary/aromatic N) is 4. The Hall–Kier alpha value is -2.78. The highest BCUT2D eigenvalue weighted by Gasteiger charge is 2.20. The van der Waals surface area contributed by atoms with Crippen LogP contribution in [0.4, 0.5) is 5.13 Å². The molecule has 0 aromatic carbocycles. The van der Waals surface area contributed by atoms with E-state index in [1.165, 1.54) is 56.5 Å². The summed E-state index contributed by atoms with van der Waals surface area (Å²) in [7, 11) is 1.54. The molecular formula is C21H22ClN5O3S. The lowest BCUT2D eigenvalue weighted by Crippen LogP contribution is -2.14. The van der Waals surface area contributed by atoms with Crippen LogP contribution in [0.25, 0.3) is 11.1 Å². The fraction of sp³-hybridized carbons (Fsp3) is 0.381. The van der Waals surface area contributed by atoms with Crippen LogP contribution in [0, 0.1) is 12.8 Å². The van der Waals surface area contributed by atoms with Crippen LogP contribution in [0.5, 0.6) is 10.9 Å². The minimum Gasteiger partial charge on any atom is -0.494 e. The Bertz CT molecular complexity index is 1080. The number of anilines is 1. The fourth-order valence-electron chi connectivity index (χ4n) is 3.60. The number of rotatable bonds is 7. The van der Waals surface area contributed by atoms with Crippen LogP contribution >= 0.6 is 22.9 Å². The van der Waals surface area contributed by atoms with Gasteiger partial charge in [0.25, 0.3) is 11.1 Å². The minimum absolute atomic E-state index is 0.296. The Morgan fingerprint density at radius 2 is 2.00 bits per heavy atom. The van der Waals surface area contributed by atoms with Gasteiger partial charge in [-0.15, -0.1) is 5.10 Å². The van der Waals surface area contributed by atoms with Gasteiger partial charge in [0, 0.05) is 23.0 Å². The highest BCUT2D eigenvalue weighted by atomic mass is 35.5. The molecule has 1 fully saturated rings. The van der Waals surface area contributed by atoms with Crippen molar-refractivity contribution in [2.75, 3.05) is 19.0 Å².